The smallest absolute Gasteiger partial charge is 0.0991 e. The van der Waals surface area contributed by atoms with Crippen molar-refractivity contribution in [1.29, 1.82) is 5.26 Å². The molecule has 0 unspecified atom stereocenters. The number of nitrogens with zero attached hydrogens (tertiary/aromatic N) is 2. The Balaban J connectivity index is 2.32. The van der Waals surface area contributed by atoms with Crippen LogP contribution in [0.2, 0.25) is 0 Å². The van der Waals surface area contributed by atoms with Gasteiger partial charge in [0.25, 0.3) is 0 Å². The highest BCUT2D eigenvalue weighted by atomic mass is 15.1. The summed E-state index contributed by atoms with van der Waals surface area (Å²) in [6.45, 7) is 8.66. The fourth-order valence-corrected chi connectivity index (χ4v) is 1.77. The minimum Gasteiger partial charge on any atom is -0.384 e. The molecule has 1 rings (SSSR count). The Morgan fingerprint density at radius 3 is 2.41 bits per heavy atom. The van der Waals surface area contributed by atoms with E-state index < -0.39 is 0 Å². The summed E-state index contributed by atoms with van der Waals surface area (Å²) >= 11 is 0. The van der Waals surface area contributed by atoms with Crippen molar-refractivity contribution in [2.24, 2.45) is 0 Å². The van der Waals surface area contributed by atoms with Crippen LogP contribution in [-0.4, -0.2) is 31.1 Å². The van der Waals surface area contributed by atoms with Crippen LogP contribution in [0, 0.1) is 11.3 Å². The predicted octanol–water partition coefficient (Wildman–Crippen LogP) is 2.70. The summed E-state index contributed by atoms with van der Waals surface area (Å²) < 4.78 is 0. The molecule has 0 amide bonds. The van der Waals surface area contributed by atoms with E-state index in [0.717, 1.165) is 31.9 Å². The molecule has 0 saturated carbocycles. The van der Waals surface area contributed by atoms with E-state index in [9.17, 15) is 0 Å². The van der Waals surface area contributed by atoms with Gasteiger partial charge < -0.3 is 10.2 Å². The summed E-state index contributed by atoms with van der Waals surface area (Å²) in [6.07, 6.45) is 1.20. The van der Waals surface area contributed by atoms with E-state index in [0.29, 0.717) is 5.56 Å². The average Bonchev–Trinajstić information content (AvgIpc) is 2.38. The minimum atomic E-state index is 0.705. The molecule has 17 heavy (non-hydrogen) atoms. The molecule has 1 aromatic rings. The molecule has 1 aromatic carbocycles. The van der Waals surface area contributed by atoms with Crippen molar-refractivity contribution in [1.82, 2.24) is 4.90 Å². The third-order valence-electron chi connectivity index (χ3n) is 2.76. The number of hydrogen-bond acceptors (Lipinski definition) is 3. The van der Waals surface area contributed by atoms with Gasteiger partial charge in [0, 0.05) is 18.8 Å². The number of hydrogen-bond donors (Lipinski definition) is 1. The first-order valence-corrected chi connectivity index (χ1v) is 6.26. The molecule has 0 saturated heterocycles. The summed E-state index contributed by atoms with van der Waals surface area (Å²) in [5.74, 6) is 0. The molecule has 0 heterocycles. The van der Waals surface area contributed by atoms with Crippen molar-refractivity contribution in [3.63, 3.8) is 0 Å². The van der Waals surface area contributed by atoms with Gasteiger partial charge in [-0.2, -0.15) is 5.26 Å². The van der Waals surface area contributed by atoms with Gasteiger partial charge in [0.1, 0.15) is 0 Å². The Morgan fingerprint density at radius 2 is 1.88 bits per heavy atom. The molecular formula is C14H21N3. The SMILES string of the molecule is CCCN(CC)CCNc1ccc(C#N)cc1. The lowest BCUT2D eigenvalue weighted by atomic mass is 10.2. The zero-order valence-electron chi connectivity index (χ0n) is 10.7. The zero-order valence-corrected chi connectivity index (χ0v) is 10.7. The van der Waals surface area contributed by atoms with Crippen LogP contribution < -0.4 is 5.32 Å². The molecule has 3 nitrogen and oxygen atoms in total. The van der Waals surface area contributed by atoms with Crippen molar-refractivity contribution in [3.05, 3.63) is 29.8 Å². The van der Waals surface area contributed by atoms with Gasteiger partial charge in [-0.05, 0) is 43.8 Å². The molecule has 0 aliphatic heterocycles. The van der Waals surface area contributed by atoms with Gasteiger partial charge in [0.15, 0.2) is 0 Å². The molecular weight excluding hydrogens is 210 g/mol. The summed E-state index contributed by atoms with van der Waals surface area (Å²) in [4.78, 5) is 2.43. The van der Waals surface area contributed by atoms with E-state index in [4.69, 9.17) is 5.26 Å². The minimum absolute atomic E-state index is 0.705. The van der Waals surface area contributed by atoms with Crippen LogP contribution in [0.4, 0.5) is 5.69 Å². The first-order chi connectivity index (χ1) is 8.30. The predicted molar refractivity (Wildman–Crippen MR) is 72.1 cm³/mol. The molecule has 0 fully saturated rings. The lowest BCUT2D eigenvalue weighted by Crippen LogP contribution is -2.29. The van der Waals surface area contributed by atoms with Crippen LogP contribution in [0.5, 0.6) is 0 Å². The van der Waals surface area contributed by atoms with E-state index in [1.807, 2.05) is 24.3 Å². The summed E-state index contributed by atoms with van der Waals surface area (Å²) in [5, 5.41) is 12.1. The van der Waals surface area contributed by atoms with Gasteiger partial charge in [-0.3, -0.25) is 0 Å². The summed E-state index contributed by atoms with van der Waals surface area (Å²) in [5.41, 5.74) is 1.79. The normalized spacial score (nSPS) is 10.2. The van der Waals surface area contributed by atoms with Gasteiger partial charge in [-0.1, -0.05) is 13.8 Å². The first kappa shape index (κ1) is 13.5. The second-order valence-corrected chi connectivity index (χ2v) is 4.05. The molecule has 0 aromatic heterocycles. The topological polar surface area (TPSA) is 39.1 Å². The van der Waals surface area contributed by atoms with Gasteiger partial charge >= 0.3 is 0 Å². The Hall–Kier alpha value is -1.53. The fourth-order valence-electron chi connectivity index (χ4n) is 1.77. The molecule has 0 spiro atoms. The van der Waals surface area contributed by atoms with Gasteiger partial charge in [-0.25, -0.2) is 0 Å². The van der Waals surface area contributed by atoms with Crippen molar-refractivity contribution < 1.29 is 0 Å². The maximum absolute atomic E-state index is 8.69. The monoisotopic (exact) mass is 231 g/mol. The van der Waals surface area contributed by atoms with Crippen LogP contribution in [0.15, 0.2) is 24.3 Å². The molecule has 1 N–H and O–H groups in total. The van der Waals surface area contributed by atoms with Crippen LogP contribution in [0.25, 0.3) is 0 Å². The molecule has 0 aliphatic carbocycles. The molecule has 0 bridgehead atoms. The maximum atomic E-state index is 8.69. The Morgan fingerprint density at radius 1 is 1.18 bits per heavy atom. The number of anilines is 1. The van der Waals surface area contributed by atoms with Crippen LogP contribution in [0.3, 0.4) is 0 Å². The lowest BCUT2D eigenvalue weighted by Gasteiger charge is -2.19. The first-order valence-electron chi connectivity index (χ1n) is 6.26. The number of benzene rings is 1. The number of likely N-dealkylation sites (N-methyl/N-ethyl adjacent to an activating group) is 1. The largest absolute Gasteiger partial charge is 0.384 e. The highest BCUT2D eigenvalue weighted by Crippen LogP contribution is 2.08. The fraction of sp³-hybridized carbons (Fsp3) is 0.500. The number of nitrogens with one attached hydrogen (secondary N) is 1. The lowest BCUT2D eigenvalue weighted by molar-refractivity contribution is 0.300. The number of nitriles is 1. The average molecular weight is 231 g/mol. The van der Waals surface area contributed by atoms with E-state index >= 15 is 0 Å². The molecule has 0 atom stereocenters. The molecule has 0 radical (unpaired) electrons. The highest BCUT2D eigenvalue weighted by Gasteiger charge is 1.99. The van der Waals surface area contributed by atoms with Crippen LogP contribution in [0.1, 0.15) is 25.8 Å². The third kappa shape index (κ3) is 4.88. The van der Waals surface area contributed by atoms with Crippen LogP contribution >= 0.6 is 0 Å². The van der Waals surface area contributed by atoms with Crippen molar-refractivity contribution in [3.8, 4) is 6.07 Å². The second-order valence-electron chi connectivity index (χ2n) is 4.05. The maximum Gasteiger partial charge on any atom is 0.0991 e. The van der Waals surface area contributed by atoms with E-state index in [1.165, 1.54) is 6.42 Å². The molecule has 92 valence electrons. The van der Waals surface area contributed by atoms with Gasteiger partial charge in [-0.15, -0.1) is 0 Å². The van der Waals surface area contributed by atoms with E-state index in [2.05, 4.69) is 30.1 Å². The highest BCUT2D eigenvalue weighted by molar-refractivity contribution is 5.47. The zero-order chi connectivity index (χ0) is 12.5. The van der Waals surface area contributed by atoms with E-state index in [1.54, 1.807) is 0 Å². The second kappa shape index (κ2) is 7.70. The molecule has 0 aliphatic rings. The van der Waals surface area contributed by atoms with Gasteiger partial charge in [0.05, 0.1) is 11.6 Å². The Labute approximate surface area is 104 Å². The third-order valence-corrected chi connectivity index (χ3v) is 2.76. The summed E-state index contributed by atoms with van der Waals surface area (Å²) in [7, 11) is 0. The van der Waals surface area contributed by atoms with Crippen LogP contribution in [-0.2, 0) is 0 Å². The van der Waals surface area contributed by atoms with Crippen molar-refractivity contribution in [2.45, 2.75) is 20.3 Å². The summed E-state index contributed by atoms with van der Waals surface area (Å²) in [6, 6.07) is 9.70. The van der Waals surface area contributed by atoms with Gasteiger partial charge in [0.2, 0.25) is 0 Å². The standard InChI is InChI=1S/C14H21N3/c1-3-10-17(4-2)11-9-16-14-7-5-13(12-15)6-8-14/h5-8,16H,3-4,9-11H2,1-2H3. The Bertz CT molecular complexity index is 351. The van der Waals surface area contributed by atoms with E-state index in [-0.39, 0.29) is 0 Å². The molecule has 3 heteroatoms. The quantitative estimate of drug-likeness (QED) is 0.784. The Kier molecular flexibility index (Phi) is 6.13. The van der Waals surface area contributed by atoms with Crippen molar-refractivity contribution in [2.75, 3.05) is 31.5 Å². The van der Waals surface area contributed by atoms with Crippen molar-refractivity contribution >= 4 is 5.69 Å². The number of rotatable bonds is 7.